The normalized spacial score (nSPS) is 20.4. The van der Waals surface area contributed by atoms with Gasteiger partial charge in [-0.25, -0.2) is 0 Å². The van der Waals surface area contributed by atoms with Crippen LogP contribution in [-0.4, -0.2) is 31.5 Å². The third-order valence-corrected chi connectivity index (χ3v) is 3.12. The topological polar surface area (TPSA) is 54.6 Å². The Kier molecular flexibility index (Phi) is 3.33. The van der Waals surface area contributed by atoms with Gasteiger partial charge in [0.25, 0.3) is 0 Å². The number of hydrogen-bond acceptors (Lipinski definition) is 4. The summed E-state index contributed by atoms with van der Waals surface area (Å²) in [5, 5.41) is 12.7. The van der Waals surface area contributed by atoms with E-state index in [4.69, 9.17) is 9.15 Å². The fourth-order valence-electron chi connectivity index (χ4n) is 1.80. The molecule has 0 bridgehead atoms. The second kappa shape index (κ2) is 4.57. The summed E-state index contributed by atoms with van der Waals surface area (Å²) in [5.41, 5.74) is -0.0874. The van der Waals surface area contributed by atoms with E-state index in [0.29, 0.717) is 13.2 Å². The molecule has 1 fully saturated rings. The first-order valence-electron chi connectivity index (χ1n) is 5.63. The molecule has 1 atom stereocenters. The molecule has 1 aromatic heterocycles. The highest BCUT2D eigenvalue weighted by Gasteiger charge is 2.38. The summed E-state index contributed by atoms with van der Waals surface area (Å²) >= 11 is 0. The second-order valence-electron chi connectivity index (χ2n) is 4.70. The molecule has 0 saturated carbocycles. The van der Waals surface area contributed by atoms with Crippen molar-refractivity contribution >= 4 is 0 Å². The van der Waals surface area contributed by atoms with Crippen molar-refractivity contribution in [1.29, 1.82) is 0 Å². The molecule has 0 aliphatic carbocycles. The second-order valence-corrected chi connectivity index (χ2v) is 4.70. The number of aryl methyl sites for hydroxylation is 1. The molecule has 1 saturated heterocycles. The zero-order valence-electron chi connectivity index (χ0n) is 9.82. The summed E-state index contributed by atoms with van der Waals surface area (Å²) in [4.78, 5) is 0. The molecule has 2 N–H and O–H groups in total. The quantitative estimate of drug-likeness (QED) is 0.792. The molecule has 0 aromatic carbocycles. The molecule has 0 spiro atoms. The van der Waals surface area contributed by atoms with Crippen LogP contribution in [0.3, 0.4) is 0 Å². The third kappa shape index (κ3) is 2.29. The van der Waals surface area contributed by atoms with Crippen LogP contribution in [0, 0.1) is 12.3 Å². The Labute approximate surface area is 95.6 Å². The summed E-state index contributed by atoms with van der Waals surface area (Å²) in [5.74, 6) is 1.86. The van der Waals surface area contributed by atoms with Crippen LogP contribution in [0.1, 0.15) is 24.5 Å². The van der Waals surface area contributed by atoms with Gasteiger partial charge in [0.2, 0.25) is 0 Å². The van der Waals surface area contributed by atoms with Gasteiger partial charge in [-0.15, -0.1) is 0 Å². The smallest absolute Gasteiger partial charge is 0.120 e. The van der Waals surface area contributed by atoms with Crippen molar-refractivity contribution in [3.63, 3.8) is 0 Å². The number of aliphatic hydroxyl groups excluding tert-OH is 1. The van der Waals surface area contributed by atoms with E-state index in [1.54, 1.807) is 0 Å². The van der Waals surface area contributed by atoms with Crippen molar-refractivity contribution in [2.45, 2.75) is 19.9 Å². The first kappa shape index (κ1) is 11.6. The maximum atomic E-state index is 9.28. The first-order chi connectivity index (χ1) is 7.65. The third-order valence-electron chi connectivity index (χ3n) is 3.12. The maximum Gasteiger partial charge on any atom is 0.120 e. The highest BCUT2D eigenvalue weighted by atomic mass is 16.5. The summed E-state index contributed by atoms with van der Waals surface area (Å²) in [6.07, 6.45) is 0. The first-order valence-corrected chi connectivity index (χ1v) is 5.63. The minimum atomic E-state index is -0.0874. The molecule has 1 aromatic rings. The van der Waals surface area contributed by atoms with E-state index in [1.165, 1.54) is 0 Å². The van der Waals surface area contributed by atoms with Crippen LogP contribution < -0.4 is 5.32 Å². The Bertz CT molecular complexity index is 338. The average molecular weight is 225 g/mol. The van der Waals surface area contributed by atoms with Crippen molar-refractivity contribution in [2.24, 2.45) is 5.41 Å². The highest BCUT2D eigenvalue weighted by Crippen LogP contribution is 2.27. The fraction of sp³-hybridized carbons (Fsp3) is 0.667. The molecule has 1 aliphatic rings. The standard InChI is InChI=1S/C12H19NO3/c1-9-3-4-11(16-9)10(2)13-5-12(6-14)7-15-8-12/h3-4,10,13-14H,5-8H2,1-2H3. The van der Waals surface area contributed by atoms with Crippen molar-refractivity contribution in [1.82, 2.24) is 5.32 Å². The lowest BCUT2D eigenvalue weighted by Crippen LogP contribution is -2.52. The number of hydrogen-bond donors (Lipinski definition) is 2. The molecule has 4 nitrogen and oxygen atoms in total. The molecule has 1 unspecified atom stereocenters. The van der Waals surface area contributed by atoms with Gasteiger partial charge < -0.3 is 19.6 Å². The number of rotatable bonds is 5. The van der Waals surface area contributed by atoms with Crippen LogP contribution in [-0.2, 0) is 4.74 Å². The molecule has 2 rings (SSSR count). The van der Waals surface area contributed by atoms with Gasteiger partial charge >= 0.3 is 0 Å². The van der Waals surface area contributed by atoms with E-state index in [1.807, 2.05) is 19.1 Å². The SMILES string of the molecule is Cc1ccc(C(C)NCC2(CO)COC2)o1. The van der Waals surface area contributed by atoms with Crippen LogP contribution in [0.5, 0.6) is 0 Å². The Morgan fingerprint density at radius 1 is 1.50 bits per heavy atom. The van der Waals surface area contributed by atoms with Gasteiger partial charge in [0.15, 0.2) is 0 Å². The molecule has 4 heteroatoms. The van der Waals surface area contributed by atoms with Crippen molar-refractivity contribution in [3.05, 3.63) is 23.7 Å². The highest BCUT2D eigenvalue weighted by molar-refractivity contribution is 5.09. The summed E-state index contributed by atoms with van der Waals surface area (Å²) in [6, 6.07) is 4.11. The van der Waals surface area contributed by atoms with E-state index in [0.717, 1.165) is 18.1 Å². The van der Waals surface area contributed by atoms with Crippen LogP contribution >= 0.6 is 0 Å². The molecular formula is C12H19NO3. The fourth-order valence-corrected chi connectivity index (χ4v) is 1.80. The van der Waals surface area contributed by atoms with Crippen molar-refractivity contribution in [3.8, 4) is 0 Å². The van der Waals surface area contributed by atoms with Crippen LogP contribution in [0.4, 0.5) is 0 Å². The molecule has 16 heavy (non-hydrogen) atoms. The van der Waals surface area contributed by atoms with Crippen molar-refractivity contribution in [2.75, 3.05) is 26.4 Å². The Balaban J connectivity index is 1.86. The number of furan rings is 1. The van der Waals surface area contributed by atoms with Gasteiger partial charge in [-0.2, -0.15) is 0 Å². The van der Waals surface area contributed by atoms with E-state index >= 15 is 0 Å². The number of aliphatic hydroxyl groups is 1. The molecule has 0 radical (unpaired) electrons. The Morgan fingerprint density at radius 3 is 2.69 bits per heavy atom. The molecule has 0 amide bonds. The lowest BCUT2D eigenvalue weighted by Gasteiger charge is -2.40. The van der Waals surface area contributed by atoms with E-state index in [2.05, 4.69) is 12.2 Å². The van der Waals surface area contributed by atoms with Crippen LogP contribution in [0.25, 0.3) is 0 Å². The summed E-state index contributed by atoms with van der Waals surface area (Å²) < 4.78 is 10.7. The monoisotopic (exact) mass is 225 g/mol. The Morgan fingerprint density at radius 2 is 2.25 bits per heavy atom. The van der Waals surface area contributed by atoms with E-state index in [9.17, 15) is 5.11 Å². The van der Waals surface area contributed by atoms with E-state index in [-0.39, 0.29) is 18.1 Å². The Hall–Kier alpha value is -0.840. The minimum absolute atomic E-state index is 0.0874. The van der Waals surface area contributed by atoms with Gasteiger partial charge in [-0.3, -0.25) is 0 Å². The van der Waals surface area contributed by atoms with Gasteiger partial charge in [0, 0.05) is 6.54 Å². The van der Waals surface area contributed by atoms with Crippen LogP contribution in [0.15, 0.2) is 16.5 Å². The molecule has 1 aliphatic heterocycles. The van der Waals surface area contributed by atoms with Crippen LogP contribution in [0.2, 0.25) is 0 Å². The molecular weight excluding hydrogens is 206 g/mol. The largest absolute Gasteiger partial charge is 0.465 e. The van der Waals surface area contributed by atoms with E-state index < -0.39 is 0 Å². The lowest BCUT2D eigenvalue weighted by atomic mass is 9.87. The van der Waals surface area contributed by atoms with Gasteiger partial charge in [-0.05, 0) is 26.0 Å². The predicted molar refractivity (Wildman–Crippen MR) is 60.2 cm³/mol. The zero-order chi connectivity index (χ0) is 11.6. The summed E-state index contributed by atoms with van der Waals surface area (Å²) in [7, 11) is 0. The van der Waals surface area contributed by atoms with Gasteiger partial charge in [0.1, 0.15) is 11.5 Å². The molecule has 90 valence electrons. The molecule has 2 heterocycles. The summed E-state index contributed by atoms with van der Waals surface area (Å²) in [6.45, 7) is 6.20. The maximum absolute atomic E-state index is 9.28. The number of ether oxygens (including phenoxy) is 1. The lowest BCUT2D eigenvalue weighted by molar-refractivity contribution is -0.135. The van der Waals surface area contributed by atoms with Gasteiger partial charge in [-0.1, -0.05) is 0 Å². The minimum Gasteiger partial charge on any atom is -0.465 e. The van der Waals surface area contributed by atoms with Gasteiger partial charge in [0.05, 0.1) is 31.3 Å². The average Bonchev–Trinajstić information content (AvgIpc) is 2.64. The zero-order valence-corrected chi connectivity index (χ0v) is 9.82. The predicted octanol–water partition coefficient (Wildman–Crippen LogP) is 1.25. The van der Waals surface area contributed by atoms with Crippen molar-refractivity contribution < 1.29 is 14.3 Å². The number of nitrogens with one attached hydrogen (secondary N) is 1.